The van der Waals surface area contributed by atoms with Gasteiger partial charge in [-0.3, -0.25) is 9.69 Å². The number of ether oxygens (including phenoxy) is 1. The van der Waals surface area contributed by atoms with Crippen molar-refractivity contribution in [3.05, 3.63) is 29.8 Å². The Bertz CT molecular complexity index is 724. The SMILES string of the molecule is O=C(CCc1ccc(S(=O)(=O)N2CCCC2)cc1)NCCCN1CCOCC1. The third-order valence-corrected chi connectivity index (χ3v) is 7.26. The van der Waals surface area contributed by atoms with Crippen LogP contribution in [-0.4, -0.2) is 76.0 Å². The van der Waals surface area contributed by atoms with Gasteiger partial charge in [0.25, 0.3) is 0 Å². The summed E-state index contributed by atoms with van der Waals surface area (Å²) in [5.41, 5.74) is 0.976. The molecule has 1 N–H and O–H groups in total. The van der Waals surface area contributed by atoms with E-state index in [9.17, 15) is 13.2 Å². The summed E-state index contributed by atoms with van der Waals surface area (Å²) in [5, 5.41) is 2.97. The molecule has 2 fully saturated rings. The summed E-state index contributed by atoms with van der Waals surface area (Å²) >= 11 is 0. The molecule has 2 heterocycles. The van der Waals surface area contributed by atoms with Crippen LogP contribution < -0.4 is 5.32 Å². The van der Waals surface area contributed by atoms with Gasteiger partial charge in [0.05, 0.1) is 18.1 Å². The number of benzene rings is 1. The number of rotatable bonds is 9. The Balaban J connectivity index is 1.36. The number of nitrogens with zero attached hydrogens (tertiary/aromatic N) is 2. The van der Waals surface area contributed by atoms with Gasteiger partial charge in [0.1, 0.15) is 0 Å². The smallest absolute Gasteiger partial charge is 0.243 e. The normalized spacial score (nSPS) is 19.0. The Hall–Kier alpha value is -1.48. The van der Waals surface area contributed by atoms with Crippen molar-refractivity contribution in [3.63, 3.8) is 0 Å². The highest BCUT2D eigenvalue weighted by Crippen LogP contribution is 2.21. The first-order valence-electron chi connectivity index (χ1n) is 10.2. The quantitative estimate of drug-likeness (QED) is 0.621. The molecule has 8 heteroatoms. The zero-order valence-electron chi connectivity index (χ0n) is 16.4. The standard InChI is InChI=1S/C20H31N3O4S/c24-20(21-10-3-11-22-14-16-27-17-15-22)9-6-18-4-7-19(8-5-18)28(25,26)23-12-1-2-13-23/h4-5,7-8H,1-3,6,9-17H2,(H,21,24). The summed E-state index contributed by atoms with van der Waals surface area (Å²) in [7, 11) is -3.37. The van der Waals surface area contributed by atoms with E-state index < -0.39 is 10.0 Å². The number of hydrogen-bond donors (Lipinski definition) is 1. The Labute approximate surface area is 168 Å². The summed E-state index contributed by atoms with van der Waals surface area (Å²) < 4.78 is 31.9. The van der Waals surface area contributed by atoms with E-state index in [2.05, 4.69) is 10.2 Å². The first-order chi connectivity index (χ1) is 13.6. The summed E-state index contributed by atoms with van der Waals surface area (Å²) in [6, 6.07) is 6.94. The molecule has 156 valence electrons. The molecule has 1 aromatic carbocycles. The van der Waals surface area contributed by atoms with Crippen LogP contribution in [-0.2, 0) is 26.0 Å². The molecule has 3 rings (SSSR count). The predicted octanol–water partition coefficient (Wildman–Crippen LogP) is 1.24. The van der Waals surface area contributed by atoms with Gasteiger partial charge in [-0.1, -0.05) is 12.1 Å². The van der Waals surface area contributed by atoms with Gasteiger partial charge in [-0.05, 0) is 49.9 Å². The summed E-state index contributed by atoms with van der Waals surface area (Å²) in [5.74, 6) is 0.0377. The lowest BCUT2D eigenvalue weighted by Gasteiger charge is -2.26. The molecule has 0 saturated carbocycles. The third kappa shape index (κ3) is 6.01. The number of amides is 1. The highest BCUT2D eigenvalue weighted by atomic mass is 32.2. The maximum absolute atomic E-state index is 12.5. The van der Waals surface area contributed by atoms with Crippen molar-refractivity contribution in [3.8, 4) is 0 Å². The second kappa shape index (κ2) is 10.3. The maximum atomic E-state index is 12.5. The fourth-order valence-electron chi connectivity index (χ4n) is 3.61. The molecule has 0 aromatic heterocycles. The lowest BCUT2D eigenvalue weighted by molar-refractivity contribution is -0.121. The molecule has 2 aliphatic rings. The van der Waals surface area contributed by atoms with Gasteiger partial charge < -0.3 is 10.1 Å². The first kappa shape index (κ1) is 21.2. The van der Waals surface area contributed by atoms with Gasteiger partial charge in [-0.15, -0.1) is 0 Å². The second-order valence-corrected chi connectivity index (χ2v) is 9.35. The summed E-state index contributed by atoms with van der Waals surface area (Å²) in [6.45, 7) is 6.41. The van der Waals surface area contributed by atoms with E-state index in [0.29, 0.717) is 37.4 Å². The topological polar surface area (TPSA) is 79.0 Å². The van der Waals surface area contributed by atoms with Gasteiger partial charge >= 0.3 is 0 Å². The molecule has 1 amide bonds. The zero-order valence-corrected chi connectivity index (χ0v) is 17.3. The fourth-order valence-corrected chi connectivity index (χ4v) is 5.12. The third-order valence-electron chi connectivity index (χ3n) is 5.34. The van der Waals surface area contributed by atoms with E-state index >= 15 is 0 Å². The highest BCUT2D eigenvalue weighted by Gasteiger charge is 2.26. The zero-order chi connectivity index (χ0) is 19.8. The monoisotopic (exact) mass is 409 g/mol. The first-order valence-corrected chi connectivity index (χ1v) is 11.7. The van der Waals surface area contributed by atoms with E-state index in [0.717, 1.165) is 57.7 Å². The Morgan fingerprint density at radius 3 is 2.39 bits per heavy atom. The molecule has 0 unspecified atom stereocenters. The van der Waals surface area contributed by atoms with Gasteiger partial charge in [0.2, 0.25) is 15.9 Å². The minimum Gasteiger partial charge on any atom is -0.379 e. The van der Waals surface area contributed by atoms with Crippen LogP contribution in [0, 0.1) is 0 Å². The van der Waals surface area contributed by atoms with Crippen LogP contribution in [0.1, 0.15) is 31.2 Å². The number of nitrogens with one attached hydrogen (secondary N) is 1. The average Bonchev–Trinajstić information content (AvgIpc) is 3.27. The Kier molecular flexibility index (Phi) is 7.84. The largest absolute Gasteiger partial charge is 0.379 e. The van der Waals surface area contributed by atoms with E-state index in [4.69, 9.17) is 4.74 Å². The molecule has 2 saturated heterocycles. The summed E-state index contributed by atoms with van der Waals surface area (Å²) in [6.07, 6.45) is 3.82. The highest BCUT2D eigenvalue weighted by molar-refractivity contribution is 7.89. The van der Waals surface area contributed by atoms with Gasteiger partial charge in [-0.25, -0.2) is 8.42 Å². The van der Waals surface area contributed by atoms with Crippen LogP contribution in [0.15, 0.2) is 29.2 Å². The van der Waals surface area contributed by atoms with E-state index in [1.807, 2.05) is 12.1 Å². The Morgan fingerprint density at radius 2 is 1.71 bits per heavy atom. The minimum atomic E-state index is -3.37. The molecule has 28 heavy (non-hydrogen) atoms. The van der Waals surface area contributed by atoms with E-state index in [-0.39, 0.29) is 5.91 Å². The Morgan fingerprint density at radius 1 is 1.04 bits per heavy atom. The number of hydrogen-bond acceptors (Lipinski definition) is 5. The number of aryl methyl sites for hydroxylation is 1. The number of sulfonamides is 1. The van der Waals surface area contributed by atoms with Crippen molar-refractivity contribution in [2.45, 2.75) is 37.0 Å². The number of carbonyl (C=O) groups is 1. The molecular weight excluding hydrogens is 378 g/mol. The van der Waals surface area contributed by atoms with Crippen LogP contribution in [0.4, 0.5) is 0 Å². The molecule has 2 aliphatic heterocycles. The molecule has 0 spiro atoms. The van der Waals surface area contributed by atoms with Crippen LogP contribution in [0.3, 0.4) is 0 Å². The molecule has 0 aliphatic carbocycles. The minimum absolute atomic E-state index is 0.0377. The second-order valence-electron chi connectivity index (χ2n) is 7.41. The van der Waals surface area contributed by atoms with Crippen molar-refractivity contribution < 1.29 is 17.9 Å². The molecular formula is C20H31N3O4S. The van der Waals surface area contributed by atoms with Gasteiger partial charge in [0, 0.05) is 39.1 Å². The average molecular weight is 410 g/mol. The number of carbonyl (C=O) groups excluding carboxylic acids is 1. The van der Waals surface area contributed by atoms with Crippen LogP contribution in [0.2, 0.25) is 0 Å². The molecule has 0 bridgehead atoms. The molecule has 0 atom stereocenters. The molecule has 1 aromatic rings. The molecule has 0 radical (unpaired) electrons. The lowest BCUT2D eigenvalue weighted by atomic mass is 10.1. The maximum Gasteiger partial charge on any atom is 0.243 e. The van der Waals surface area contributed by atoms with Crippen molar-refractivity contribution in [2.24, 2.45) is 0 Å². The van der Waals surface area contributed by atoms with E-state index in [1.165, 1.54) is 0 Å². The van der Waals surface area contributed by atoms with Crippen LogP contribution in [0.5, 0.6) is 0 Å². The predicted molar refractivity (Wildman–Crippen MR) is 108 cm³/mol. The van der Waals surface area contributed by atoms with Crippen LogP contribution >= 0.6 is 0 Å². The van der Waals surface area contributed by atoms with Crippen molar-refractivity contribution >= 4 is 15.9 Å². The number of morpholine rings is 1. The van der Waals surface area contributed by atoms with Crippen molar-refractivity contribution in [1.29, 1.82) is 0 Å². The van der Waals surface area contributed by atoms with Crippen molar-refractivity contribution in [2.75, 3.05) is 52.5 Å². The molecule has 7 nitrogen and oxygen atoms in total. The lowest BCUT2D eigenvalue weighted by Crippen LogP contribution is -2.38. The van der Waals surface area contributed by atoms with Crippen molar-refractivity contribution in [1.82, 2.24) is 14.5 Å². The summed E-state index contributed by atoms with van der Waals surface area (Å²) in [4.78, 5) is 14.7. The van der Waals surface area contributed by atoms with Gasteiger partial charge in [0.15, 0.2) is 0 Å². The van der Waals surface area contributed by atoms with Crippen LogP contribution in [0.25, 0.3) is 0 Å². The fraction of sp³-hybridized carbons (Fsp3) is 0.650. The van der Waals surface area contributed by atoms with E-state index in [1.54, 1.807) is 16.4 Å². The van der Waals surface area contributed by atoms with Gasteiger partial charge in [-0.2, -0.15) is 4.31 Å².